The van der Waals surface area contributed by atoms with Gasteiger partial charge in [0.25, 0.3) is 0 Å². The molecule has 35 heavy (non-hydrogen) atoms. The third-order valence-electron chi connectivity index (χ3n) is 8.14. The van der Waals surface area contributed by atoms with Crippen molar-refractivity contribution in [3.63, 3.8) is 0 Å². The standard InChI is InChI=1S/C18H24O2.C7H6O2.C4H8O2/c1-18-9-8-14-13-5-3-12(19)10-11(13)2-4-15(14)16(18)6-7-17(18)20;8-7(9)6-4-2-1-3-5-6;1-2-3-4(5)6/h3,5,10,14-17,19-20H,2,4,6-9H2,1H3;1-5H,(H,8,9);2-3H2,1H3,(H,5,6)/t14-,15-,16+,17+,18+;;/m1../s1. The van der Waals surface area contributed by atoms with Crippen LogP contribution in [-0.2, 0) is 11.2 Å². The minimum Gasteiger partial charge on any atom is -0.508 e. The first-order valence-corrected chi connectivity index (χ1v) is 12.7. The van der Waals surface area contributed by atoms with E-state index in [-0.39, 0.29) is 11.5 Å². The summed E-state index contributed by atoms with van der Waals surface area (Å²) in [6.45, 7) is 4.16. The van der Waals surface area contributed by atoms with Gasteiger partial charge >= 0.3 is 11.9 Å². The highest BCUT2D eigenvalue weighted by Gasteiger charge is 2.54. The van der Waals surface area contributed by atoms with Crippen molar-refractivity contribution in [2.75, 3.05) is 0 Å². The van der Waals surface area contributed by atoms with Crippen LogP contribution in [0.1, 0.15) is 86.2 Å². The summed E-state index contributed by atoms with van der Waals surface area (Å²) < 4.78 is 0. The van der Waals surface area contributed by atoms with E-state index in [1.165, 1.54) is 30.4 Å². The molecule has 0 heterocycles. The van der Waals surface area contributed by atoms with Crippen LogP contribution in [0.3, 0.4) is 0 Å². The van der Waals surface area contributed by atoms with E-state index in [1.807, 2.05) is 19.1 Å². The van der Waals surface area contributed by atoms with Crippen molar-refractivity contribution in [3.05, 3.63) is 65.2 Å². The normalized spacial score (nSPS) is 28.1. The van der Waals surface area contributed by atoms with Crippen LogP contribution < -0.4 is 0 Å². The number of carboxylic acids is 2. The second-order valence-electron chi connectivity index (χ2n) is 10.3. The van der Waals surface area contributed by atoms with Crippen LogP contribution >= 0.6 is 0 Å². The summed E-state index contributed by atoms with van der Waals surface area (Å²) in [6, 6.07) is 14.3. The number of benzene rings is 2. The van der Waals surface area contributed by atoms with E-state index in [2.05, 4.69) is 13.0 Å². The molecule has 5 rings (SSSR count). The van der Waals surface area contributed by atoms with Crippen LogP contribution in [0.15, 0.2) is 48.5 Å². The number of aryl methyl sites for hydroxylation is 1. The molecule has 3 aliphatic rings. The molecule has 6 heteroatoms. The molecule has 0 amide bonds. The fraction of sp³-hybridized carbons (Fsp3) is 0.517. The lowest BCUT2D eigenvalue weighted by atomic mass is 9.55. The van der Waals surface area contributed by atoms with E-state index in [1.54, 1.807) is 30.3 Å². The van der Waals surface area contributed by atoms with Crippen LogP contribution in [0.25, 0.3) is 0 Å². The summed E-state index contributed by atoms with van der Waals surface area (Å²) in [7, 11) is 0. The van der Waals surface area contributed by atoms with E-state index in [0.29, 0.717) is 29.6 Å². The summed E-state index contributed by atoms with van der Waals surface area (Å²) in [5, 5.41) is 36.3. The lowest BCUT2D eigenvalue weighted by Crippen LogP contribution is -2.43. The molecule has 3 aliphatic carbocycles. The number of aliphatic carboxylic acids is 1. The van der Waals surface area contributed by atoms with Crippen molar-refractivity contribution in [3.8, 4) is 5.75 Å². The number of aromatic carboxylic acids is 1. The maximum Gasteiger partial charge on any atom is 0.335 e. The van der Waals surface area contributed by atoms with Crippen molar-refractivity contribution in [2.24, 2.45) is 17.3 Å². The maximum absolute atomic E-state index is 10.4. The molecule has 5 atom stereocenters. The van der Waals surface area contributed by atoms with Gasteiger partial charge < -0.3 is 20.4 Å². The number of hydrogen-bond acceptors (Lipinski definition) is 4. The molecule has 2 fully saturated rings. The second kappa shape index (κ2) is 11.7. The fourth-order valence-corrected chi connectivity index (χ4v) is 6.34. The predicted octanol–water partition coefficient (Wildman–Crippen LogP) is 5.87. The van der Waals surface area contributed by atoms with Gasteiger partial charge in [-0.25, -0.2) is 4.79 Å². The highest BCUT2D eigenvalue weighted by atomic mass is 16.4. The van der Waals surface area contributed by atoms with Gasteiger partial charge in [-0.3, -0.25) is 4.79 Å². The Morgan fingerprint density at radius 1 is 1.00 bits per heavy atom. The summed E-state index contributed by atoms with van der Waals surface area (Å²) >= 11 is 0. The summed E-state index contributed by atoms with van der Waals surface area (Å²) in [6.07, 6.45) is 7.80. The second-order valence-corrected chi connectivity index (χ2v) is 10.3. The molecule has 0 spiro atoms. The number of carboxylic acid groups (broad SMARTS) is 2. The van der Waals surface area contributed by atoms with Crippen LogP contribution in [0, 0.1) is 17.3 Å². The first-order valence-electron chi connectivity index (χ1n) is 12.7. The quantitative estimate of drug-likeness (QED) is 0.435. The minimum atomic E-state index is -0.879. The third kappa shape index (κ3) is 6.23. The number of aromatic hydroxyl groups is 1. The number of phenolic OH excluding ortho intramolecular Hbond substituents is 1. The topological polar surface area (TPSA) is 115 Å². The Kier molecular flexibility index (Phi) is 8.95. The molecule has 0 bridgehead atoms. The first-order chi connectivity index (χ1) is 16.7. The molecule has 0 saturated heterocycles. The minimum absolute atomic E-state index is 0.0883. The van der Waals surface area contributed by atoms with Gasteiger partial charge in [0, 0.05) is 6.42 Å². The van der Waals surface area contributed by atoms with Gasteiger partial charge in [-0.2, -0.15) is 0 Å². The zero-order chi connectivity index (χ0) is 25.6. The lowest BCUT2D eigenvalue weighted by Gasteiger charge is -2.50. The lowest BCUT2D eigenvalue weighted by molar-refractivity contribution is -0.137. The van der Waals surface area contributed by atoms with Gasteiger partial charge in [0.15, 0.2) is 0 Å². The zero-order valence-electron chi connectivity index (χ0n) is 20.7. The summed E-state index contributed by atoms with van der Waals surface area (Å²) in [5.41, 5.74) is 3.32. The summed E-state index contributed by atoms with van der Waals surface area (Å²) in [5.74, 6) is 0.899. The Bertz CT molecular complexity index is 1000. The Morgan fingerprint density at radius 2 is 1.71 bits per heavy atom. The van der Waals surface area contributed by atoms with E-state index in [0.717, 1.165) is 31.6 Å². The van der Waals surface area contributed by atoms with Crippen molar-refractivity contribution in [2.45, 2.75) is 77.2 Å². The Hall–Kier alpha value is -2.86. The molecule has 2 aromatic rings. The van der Waals surface area contributed by atoms with Crippen LogP contribution in [0.2, 0.25) is 0 Å². The molecule has 6 nitrogen and oxygen atoms in total. The van der Waals surface area contributed by atoms with Crippen molar-refractivity contribution >= 4 is 11.9 Å². The monoisotopic (exact) mass is 482 g/mol. The number of fused-ring (bicyclic) bond motifs is 5. The van der Waals surface area contributed by atoms with Crippen LogP contribution in [0.4, 0.5) is 0 Å². The number of carbonyl (C=O) groups is 2. The van der Waals surface area contributed by atoms with Gasteiger partial charge in [-0.1, -0.05) is 38.1 Å². The Labute approximate surface area is 207 Å². The van der Waals surface area contributed by atoms with E-state index >= 15 is 0 Å². The summed E-state index contributed by atoms with van der Waals surface area (Å²) in [4.78, 5) is 19.8. The molecule has 2 aromatic carbocycles. The molecule has 0 radical (unpaired) electrons. The number of hydrogen-bond donors (Lipinski definition) is 4. The highest BCUT2D eigenvalue weighted by Crippen LogP contribution is 2.60. The van der Waals surface area contributed by atoms with Gasteiger partial charge in [0.05, 0.1) is 11.7 Å². The number of rotatable bonds is 3. The van der Waals surface area contributed by atoms with Crippen molar-refractivity contribution in [1.29, 1.82) is 0 Å². The fourth-order valence-electron chi connectivity index (χ4n) is 6.34. The van der Waals surface area contributed by atoms with Crippen LogP contribution in [-0.4, -0.2) is 38.5 Å². The number of aliphatic hydroxyl groups is 1. The first kappa shape index (κ1) is 26.7. The molecule has 0 aliphatic heterocycles. The predicted molar refractivity (Wildman–Crippen MR) is 135 cm³/mol. The molecule has 0 aromatic heterocycles. The molecular weight excluding hydrogens is 444 g/mol. The maximum atomic E-state index is 10.4. The molecular formula is C29H38O6. The largest absolute Gasteiger partial charge is 0.508 e. The van der Waals surface area contributed by atoms with Gasteiger partial charge in [0.2, 0.25) is 0 Å². The van der Waals surface area contributed by atoms with Crippen LogP contribution in [0.5, 0.6) is 5.75 Å². The third-order valence-corrected chi connectivity index (χ3v) is 8.14. The zero-order valence-corrected chi connectivity index (χ0v) is 20.7. The molecule has 190 valence electrons. The number of phenols is 1. The van der Waals surface area contributed by atoms with E-state index in [9.17, 15) is 19.8 Å². The SMILES string of the molecule is CCCC(=O)O.C[C@]12CC[C@@H]3c4ccc(O)cc4CC[C@H]3[C@@H]1CC[C@@H]2O.O=C(O)c1ccccc1. The Balaban J connectivity index is 0.000000190. The number of aliphatic hydroxyl groups excluding tert-OH is 1. The van der Waals surface area contributed by atoms with E-state index in [4.69, 9.17) is 10.2 Å². The smallest absolute Gasteiger partial charge is 0.335 e. The van der Waals surface area contributed by atoms with Gasteiger partial charge in [-0.05, 0) is 104 Å². The van der Waals surface area contributed by atoms with Crippen molar-refractivity contribution < 1.29 is 30.0 Å². The van der Waals surface area contributed by atoms with Crippen molar-refractivity contribution in [1.82, 2.24) is 0 Å². The molecule has 0 unspecified atom stereocenters. The molecule has 2 saturated carbocycles. The van der Waals surface area contributed by atoms with E-state index < -0.39 is 11.9 Å². The average Bonchev–Trinajstić information content (AvgIpc) is 3.14. The van der Waals surface area contributed by atoms with Gasteiger partial charge in [-0.15, -0.1) is 0 Å². The Morgan fingerprint density at radius 3 is 2.29 bits per heavy atom. The molecule has 4 N–H and O–H groups in total. The average molecular weight is 483 g/mol. The van der Waals surface area contributed by atoms with Gasteiger partial charge in [0.1, 0.15) is 5.75 Å². The highest BCUT2D eigenvalue weighted by molar-refractivity contribution is 5.87.